The van der Waals surface area contributed by atoms with Crippen molar-refractivity contribution in [2.45, 2.75) is 44.4 Å². The molecular weight excluding hydrogens is 243 g/mol. The van der Waals surface area contributed by atoms with Crippen LogP contribution >= 0.6 is 0 Å². The van der Waals surface area contributed by atoms with Gasteiger partial charge in [0.15, 0.2) is 0 Å². The Balaban J connectivity index is 1.77. The predicted molar refractivity (Wildman–Crippen MR) is 73.9 cm³/mol. The van der Waals surface area contributed by atoms with Gasteiger partial charge in [0.25, 0.3) is 0 Å². The van der Waals surface area contributed by atoms with E-state index < -0.39 is 0 Å². The lowest BCUT2D eigenvalue weighted by atomic mass is 10.1. The van der Waals surface area contributed by atoms with Gasteiger partial charge in [-0.2, -0.15) is 0 Å². The maximum absolute atomic E-state index is 14.2. The highest BCUT2D eigenvalue weighted by Crippen LogP contribution is 2.31. The fourth-order valence-electron chi connectivity index (χ4n) is 3.12. The number of fused-ring (bicyclic) bond motifs is 2. The average molecular weight is 264 g/mol. The van der Waals surface area contributed by atoms with Gasteiger partial charge in [0.2, 0.25) is 0 Å². The van der Waals surface area contributed by atoms with E-state index in [1.54, 1.807) is 6.07 Å². The summed E-state index contributed by atoms with van der Waals surface area (Å²) < 4.78 is 20.0. The highest BCUT2D eigenvalue weighted by molar-refractivity contribution is 5.50. The summed E-state index contributed by atoms with van der Waals surface area (Å²) in [6.45, 7) is 3.55. The van der Waals surface area contributed by atoms with Crippen LogP contribution in [0.4, 0.5) is 10.1 Å². The monoisotopic (exact) mass is 264 g/mol. The molecule has 0 saturated carbocycles. The van der Waals surface area contributed by atoms with Gasteiger partial charge in [0.1, 0.15) is 5.82 Å². The van der Waals surface area contributed by atoms with Gasteiger partial charge in [-0.3, -0.25) is 0 Å². The second-order valence-corrected chi connectivity index (χ2v) is 5.83. The summed E-state index contributed by atoms with van der Waals surface area (Å²) in [5.41, 5.74) is 7.42. The molecule has 2 heterocycles. The zero-order valence-electron chi connectivity index (χ0n) is 11.3. The van der Waals surface area contributed by atoms with Crippen LogP contribution in [0.3, 0.4) is 0 Å². The molecule has 4 heteroatoms. The lowest BCUT2D eigenvalue weighted by Gasteiger charge is -2.34. The second-order valence-electron chi connectivity index (χ2n) is 5.83. The molecular formula is C15H21FN2O. The maximum Gasteiger partial charge on any atom is 0.146 e. The van der Waals surface area contributed by atoms with Crippen LogP contribution in [-0.2, 0) is 11.2 Å². The molecule has 1 aromatic carbocycles. The minimum atomic E-state index is -0.139. The van der Waals surface area contributed by atoms with E-state index in [0.29, 0.717) is 12.1 Å². The van der Waals surface area contributed by atoms with E-state index in [1.807, 2.05) is 19.1 Å². The van der Waals surface area contributed by atoms with Gasteiger partial charge in [0.05, 0.1) is 17.9 Å². The molecule has 0 spiro atoms. The summed E-state index contributed by atoms with van der Waals surface area (Å²) in [4.78, 5) is 2.12. The molecule has 2 aliphatic heterocycles. The van der Waals surface area contributed by atoms with E-state index >= 15 is 0 Å². The largest absolute Gasteiger partial charge is 0.371 e. The van der Waals surface area contributed by atoms with Gasteiger partial charge in [0, 0.05) is 19.1 Å². The summed E-state index contributed by atoms with van der Waals surface area (Å²) in [6, 6.07) is 5.55. The highest BCUT2D eigenvalue weighted by atomic mass is 19.1. The molecule has 0 aromatic heterocycles. The molecule has 3 unspecified atom stereocenters. The Hall–Kier alpha value is -1.13. The fourth-order valence-corrected chi connectivity index (χ4v) is 3.12. The first kappa shape index (κ1) is 12.9. The van der Waals surface area contributed by atoms with E-state index in [-0.39, 0.29) is 24.1 Å². The number of benzene rings is 1. The number of morpholine rings is 1. The summed E-state index contributed by atoms with van der Waals surface area (Å²) in [5, 5.41) is 0. The first-order valence-corrected chi connectivity index (χ1v) is 7.06. The summed E-state index contributed by atoms with van der Waals surface area (Å²) in [6.07, 6.45) is 3.48. The summed E-state index contributed by atoms with van der Waals surface area (Å²) in [7, 11) is 0. The van der Waals surface area contributed by atoms with Crippen molar-refractivity contribution in [2.75, 3.05) is 18.0 Å². The summed E-state index contributed by atoms with van der Waals surface area (Å²) in [5.74, 6) is -0.139. The molecule has 1 aromatic rings. The number of nitrogens with zero attached hydrogens (tertiary/aromatic N) is 1. The van der Waals surface area contributed by atoms with Crippen molar-refractivity contribution in [1.29, 1.82) is 0 Å². The van der Waals surface area contributed by atoms with Crippen LogP contribution in [0.15, 0.2) is 18.2 Å². The smallest absolute Gasteiger partial charge is 0.146 e. The Labute approximate surface area is 113 Å². The van der Waals surface area contributed by atoms with Gasteiger partial charge in [-0.15, -0.1) is 0 Å². The van der Waals surface area contributed by atoms with Gasteiger partial charge in [-0.05, 0) is 43.9 Å². The Morgan fingerprint density at radius 2 is 2.05 bits per heavy atom. The van der Waals surface area contributed by atoms with Gasteiger partial charge in [-0.1, -0.05) is 6.07 Å². The number of rotatable bonds is 3. The highest BCUT2D eigenvalue weighted by Gasteiger charge is 2.34. The lowest BCUT2D eigenvalue weighted by molar-refractivity contribution is 0.0303. The molecule has 2 fully saturated rings. The quantitative estimate of drug-likeness (QED) is 0.908. The topological polar surface area (TPSA) is 38.5 Å². The zero-order chi connectivity index (χ0) is 13.4. The van der Waals surface area contributed by atoms with E-state index in [1.165, 1.54) is 0 Å². The molecule has 3 nitrogen and oxygen atoms in total. The van der Waals surface area contributed by atoms with Gasteiger partial charge < -0.3 is 15.4 Å². The molecule has 3 atom stereocenters. The van der Waals surface area contributed by atoms with Crippen LogP contribution in [0.1, 0.15) is 25.3 Å². The number of hydrogen-bond acceptors (Lipinski definition) is 3. The van der Waals surface area contributed by atoms with Crippen LogP contribution in [0.2, 0.25) is 0 Å². The van der Waals surface area contributed by atoms with Crippen LogP contribution in [0, 0.1) is 5.82 Å². The predicted octanol–water partition coefficient (Wildman–Crippen LogP) is 2.08. The zero-order valence-corrected chi connectivity index (χ0v) is 11.3. The number of nitrogens with two attached hydrogens (primary N) is 1. The van der Waals surface area contributed by atoms with Crippen LogP contribution in [-0.4, -0.2) is 31.3 Å². The molecule has 0 amide bonds. The first-order valence-electron chi connectivity index (χ1n) is 7.06. The Morgan fingerprint density at radius 3 is 2.63 bits per heavy atom. The minimum absolute atomic E-state index is 0.0597. The summed E-state index contributed by atoms with van der Waals surface area (Å²) >= 11 is 0. The molecule has 3 rings (SSSR count). The van der Waals surface area contributed by atoms with Crippen molar-refractivity contribution in [3.63, 3.8) is 0 Å². The molecule has 2 N–H and O–H groups in total. The first-order chi connectivity index (χ1) is 9.11. The third-order valence-corrected chi connectivity index (χ3v) is 3.95. The lowest BCUT2D eigenvalue weighted by Crippen LogP contribution is -2.43. The van der Waals surface area contributed by atoms with Crippen molar-refractivity contribution in [3.8, 4) is 0 Å². The van der Waals surface area contributed by atoms with E-state index in [2.05, 4.69) is 4.90 Å². The van der Waals surface area contributed by atoms with Crippen LogP contribution in [0.25, 0.3) is 0 Å². The number of ether oxygens (including phenoxy) is 1. The SMILES string of the molecule is CC(N)Cc1ccc(N2CC3CCC(C2)O3)c(F)c1. The molecule has 2 saturated heterocycles. The Kier molecular flexibility index (Phi) is 3.46. The molecule has 0 radical (unpaired) electrons. The van der Waals surface area contributed by atoms with Crippen LogP contribution in [0.5, 0.6) is 0 Å². The van der Waals surface area contributed by atoms with Gasteiger partial charge in [-0.25, -0.2) is 4.39 Å². The van der Waals surface area contributed by atoms with Crippen molar-refractivity contribution in [2.24, 2.45) is 5.73 Å². The number of hydrogen-bond donors (Lipinski definition) is 1. The standard InChI is InChI=1S/C15H21FN2O/c1-10(17)6-11-2-5-15(14(16)7-11)18-8-12-3-4-13(9-18)19-12/h2,5,7,10,12-13H,3-4,6,8-9,17H2,1H3. The normalized spacial score (nSPS) is 27.6. The maximum atomic E-state index is 14.2. The number of halogens is 1. The average Bonchev–Trinajstić information content (AvgIpc) is 2.67. The number of anilines is 1. The molecule has 104 valence electrons. The van der Waals surface area contributed by atoms with Crippen molar-refractivity contribution < 1.29 is 9.13 Å². The van der Waals surface area contributed by atoms with E-state index in [0.717, 1.165) is 31.5 Å². The van der Waals surface area contributed by atoms with Crippen molar-refractivity contribution in [1.82, 2.24) is 0 Å². The van der Waals surface area contributed by atoms with E-state index in [9.17, 15) is 4.39 Å². The Bertz CT molecular complexity index is 451. The minimum Gasteiger partial charge on any atom is -0.371 e. The fraction of sp³-hybridized carbons (Fsp3) is 0.600. The molecule has 2 aliphatic rings. The van der Waals surface area contributed by atoms with Crippen molar-refractivity contribution >= 4 is 5.69 Å². The van der Waals surface area contributed by atoms with Gasteiger partial charge >= 0.3 is 0 Å². The second kappa shape index (κ2) is 5.10. The van der Waals surface area contributed by atoms with Crippen molar-refractivity contribution in [3.05, 3.63) is 29.6 Å². The third kappa shape index (κ3) is 2.74. The third-order valence-electron chi connectivity index (χ3n) is 3.95. The van der Waals surface area contributed by atoms with Crippen LogP contribution < -0.4 is 10.6 Å². The molecule has 0 aliphatic carbocycles. The van der Waals surface area contributed by atoms with E-state index in [4.69, 9.17) is 10.5 Å². The Morgan fingerprint density at radius 1 is 1.37 bits per heavy atom. The molecule has 19 heavy (non-hydrogen) atoms. The molecule has 2 bridgehead atoms.